The molecule has 9 heteroatoms. The number of allylic oxidation sites excluding steroid dienone is 2. The van der Waals surface area contributed by atoms with E-state index in [1.807, 2.05) is 12.2 Å². The predicted octanol–water partition coefficient (Wildman–Crippen LogP) is 4.99. The van der Waals surface area contributed by atoms with Crippen molar-refractivity contribution in [1.82, 2.24) is 0 Å². The summed E-state index contributed by atoms with van der Waals surface area (Å²) in [6.45, 7) is 0. The maximum atomic E-state index is 11.3. The second-order valence-electron chi connectivity index (χ2n) is 6.81. The number of ether oxygens (including phenoxy) is 1. The van der Waals surface area contributed by atoms with Crippen molar-refractivity contribution in [2.24, 2.45) is 5.92 Å². The molecule has 0 amide bonds. The number of nitro groups is 2. The molecule has 0 unspecified atom stereocenters. The zero-order valence-electron chi connectivity index (χ0n) is 14.8. The first-order valence-corrected chi connectivity index (χ1v) is 9.02. The maximum Gasteiger partial charge on any atom is 0.273 e. The first kappa shape index (κ1) is 18.2. The molecule has 0 aromatic heterocycles. The SMILES string of the molecule is COc1cc([N+](=O)[O-])cc2c1N[C@H](c1cc([N+](=O)[O-])ccc1Cl)[C@H]1CC=C[C@H]21. The first-order valence-electron chi connectivity index (χ1n) is 8.64. The van der Waals surface area contributed by atoms with E-state index in [2.05, 4.69) is 5.32 Å². The summed E-state index contributed by atoms with van der Waals surface area (Å²) in [5.41, 5.74) is 1.98. The summed E-state index contributed by atoms with van der Waals surface area (Å²) in [4.78, 5) is 21.6. The largest absolute Gasteiger partial charge is 0.494 e. The van der Waals surface area contributed by atoms with E-state index in [0.29, 0.717) is 22.0 Å². The Hall–Kier alpha value is -3.13. The van der Waals surface area contributed by atoms with E-state index >= 15 is 0 Å². The third-order valence-corrected chi connectivity index (χ3v) is 5.72. The molecule has 1 N–H and O–H groups in total. The van der Waals surface area contributed by atoms with Crippen LogP contribution in [-0.2, 0) is 0 Å². The van der Waals surface area contributed by atoms with Crippen LogP contribution in [0.2, 0.25) is 5.02 Å². The zero-order chi connectivity index (χ0) is 20.0. The molecule has 2 aromatic rings. The minimum atomic E-state index is -0.453. The summed E-state index contributed by atoms with van der Waals surface area (Å²) < 4.78 is 5.40. The van der Waals surface area contributed by atoms with Crippen LogP contribution in [0.15, 0.2) is 42.5 Å². The van der Waals surface area contributed by atoms with Gasteiger partial charge in [0.1, 0.15) is 5.75 Å². The van der Waals surface area contributed by atoms with Gasteiger partial charge >= 0.3 is 0 Å². The number of rotatable bonds is 4. The van der Waals surface area contributed by atoms with Gasteiger partial charge in [-0.3, -0.25) is 20.2 Å². The number of anilines is 1. The molecule has 0 fully saturated rings. The van der Waals surface area contributed by atoms with E-state index in [1.165, 1.54) is 31.4 Å². The molecule has 1 heterocycles. The highest BCUT2D eigenvalue weighted by molar-refractivity contribution is 6.31. The molecule has 144 valence electrons. The van der Waals surface area contributed by atoms with Crippen molar-refractivity contribution >= 4 is 28.7 Å². The Morgan fingerprint density at radius 3 is 2.50 bits per heavy atom. The Bertz CT molecular complexity index is 1020. The number of nitro benzene ring substituents is 2. The number of non-ortho nitro benzene ring substituents is 2. The van der Waals surface area contributed by atoms with Crippen molar-refractivity contribution < 1.29 is 14.6 Å². The van der Waals surface area contributed by atoms with Crippen molar-refractivity contribution in [2.45, 2.75) is 18.4 Å². The van der Waals surface area contributed by atoms with Crippen molar-refractivity contribution in [3.63, 3.8) is 0 Å². The predicted molar refractivity (Wildman–Crippen MR) is 104 cm³/mol. The number of methoxy groups -OCH3 is 1. The van der Waals surface area contributed by atoms with Crippen molar-refractivity contribution in [3.05, 3.63) is 78.9 Å². The molecule has 0 radical (unpaired) electrons. The molecule has 3 atom stereocenters. The molecule has 1 aliphatic heterocycles. The number of benzene rings is 2. The van der Waals surface area contributed by atoms with Crippen LogP contribution < -0.4 is 10.1 Å². The van der Waals surface area contributed by atoms with E-state index < -0.39 is 9.85 Å². The van der Waals surface area contributed by atoms with Crippen LogP contribution in [0.3, 0.4) is 0 Å². The third-order valence-electron chi connectivity index (χ3n) is 5.37. The van der Waals surface area contributed by atoms with Gasteiger partial charge < -0.3 is 10.1 Å². The maximum absolute atomic E-state index is 11.3. The molecule has 2 aromatic carbocycles. The highest BCUT2D eigenvalue weighted by Gasteiger charge is 2.41. The fraction of sp³-hybridized carbons (Fsp3) is 0.263. The molecule has 8 nitrogen and oxygen atoms in total. The number of hydrogen-bond acceptors (Lipinski definition) is 6. The Morgan fingerprint density at radius 2 is 1.82 bits per heavy atom. The molecule has 0 saturated carbocycles. The van der Waals surface area contributed by atoms with Gasteiger partial charge in [-0.2, -0.15) is 0 Å². The van der Waals surface area contributed by atoms with Crippen molar-refractivity contribution in [2.75, 3.05) is 12.4 Å². The summed E-state index contributed by atoms with van der Waals surface area (Å²) >= 11 is 6.39. The second-order valence-corrected chi connectivity index (χ2v) is 7.21. The lowest BCUT2D eigenvalue weighted by Gasteiger charge is -2.38. The lowest BCUT2D eigenvalue weighted by Crippen LogP contribution is -2.29. The minimum Gasteiger partial charge on any atom is -0.494 e. The molecule has 1 aliphatic carbocycles. The van der Waals surface area contributed by atoms with E-state index in [-0.39, 0.29) is 29.3 Å². The summed E-state index contributed by atoms with van der Waals surface area (Å²) in [6.07, 6.45) is 4.77. The Kier molecular flexibility index (Phi) is 4.43. The van der Waals surface area contributed by atoms with Crippen LogP contribution in [0.5, 0.6) is 5.75 Å². The molecule has 4 rings (SSSR count). The summed E-state index contributed by atoms with van der Waals surface area (Å²) in [5, 5.41) is 26.3. The fourth-order valence-corrected chi connectivity index (χ4v) is 4.34. The Balaban J connectivity index is 1.86. The Morgan fingerprint density at radius 1 is 1.11 bits per heavy atom. The number of fused-ring (bicyclic) bond motifs is 3. The van der Waals surface area contributed by atoms with Gasteiger partial charge in [0, 0.05) is 34.7 Å². The monoisotopic (exact) mass is 401 g/mol. The summed E-state index contributed by atoms with van der Waals surface area (Å²) in [6, 6.07) is 7.02. The standard InChI is InChI=1S/C19H16ClN3O5/c1-28-17-9-11(23(26)27)8-14-12-3-2-4-13(12)18(21-19(14)17)15-7-10(22(24)25)5-6-16(15)20/h2-3,5-9,12-13,18,21H,4H2,1H3/t12-,13-,18-/m0/s1. The quantitative estimate of drug-likeness (QED) is 0.439. The normalized spacial score (nSPS) is 22.1. The lowest BCUT2D eigenvalue weighted by molar-refractivity contribution is -0.385. The Labute approximate surface area is 165 Å². The molecule has 0 bridgehead atoms. The highest BCUT2D eigenvalue weighted by Crippen LogP contribution is 2.54. The van der Waals surface area contributed by atoms with Crippen LogP contribution >= 0.6 is 11.6 Å². The van der Waals surface area contributed by atoms with Crippen LogP contribution in [-0.4, -0.2) is 17.0 Å². The van der Waals surface area contributed by atoms with E-state index in [0.717, 1.165) is 12.0 Å². The van der Waals surface area contributed by atoms with Gasteiger partial charge in [-0.05, 0) is 24.0 Å². The van der Waals surface area contributed by atoms with Gasteiger partial charge in [0.05, 0.1) is 34.8 Å². The van der Waals surface area contributed by atoms with Gasteiger partial charge in [0.2, 0.25) is 0 Å². The van der Waals surface area contributed by atoms with Gasteiger partial charge in [-0.1, -0.05) is 23.8 Å². The number of nitrogens with one attached hydrogen (secondary N) is 1. The van der Waals surface area contributed by atoms with Crippen molar-refractivity contribution in [3.8, 4) is 5.75 Å². The van der Waals surface area contributed by atoms with E-state index in [1.54, 1.807) is 6.07 Å². The number of halogens is 1. The molecule has 0 saturated heterocycles. The molecular formula is C19H16ClN3O5. The van der Waals surface area contributed by atoms with Crippen molar-refractivity contribution in [1.29, 1.82) is 0 Å². The van der Waals surface area contributed by atoms with E-state index in [9.17, 15) is 20.2 Å². The van der Waals surface area contributed by atoms with Crippen LogP contribution in [0.1, 0.15) is 29.5 Å². The van der Waals surface area contributed by atoms with Gasteiger partial charge in [0.25, 0.3) is 11.4 Å². The molecular weight excluding hydrogens is 386 g/mol. The fourth-order valence-electron chi connectivity index (χ4n) is 4.11. The van der Waals surface area contributed by atoms with Gasteiger partial charge in [-0.15, -0.1) is 0 Å². The molecule has 28 heavy (non-hydrogen) atoms. The van der Waals surface area contributed by atoms with Gasteiger partial charge in [-0.25, -0.2) is 0 Å². The minimum absolute atomic E-state index is 0.0266. The third kappa shape index (κ3) is 2.86. The zero-order valence-corrected chi connectivity index (χ0v) is 15.6. The number of hydrogen-bond donors (Lipinski definition) is 1. The van der Waals surface area contributed by atoms with Gasteiger partial charge in [0.15, 0.2) is 0 Å². The second kappa shape index (κ2) is 6.79. The van der Waals surface area contributed by atoms with Crippen LogP contribution in [0, 0.1) is 26.1 Å². The van der Waals surface area contributed by atoms with Crippen LogP contribution in [0.4, 0.5) is 17.1 Å². The summed E-state index contributed by atoms with van der Waals surface area (Å²) in [5.74, 6) is 0.304. The molecule has 2 aliphatic rings. The lowest BCUT2D eigenvalue weighted by atomic mass is 9.76. The summed E-state index contributed by atoms with van der Waals surface area (Å²) in [7, 11) is 1.45. The average molecular weight is 402 g/mol. The van der Waals surface area contributed by atoms with Crippen LogP contribution in [0.25, 0.3) is 0 Å². The number of nitrogens with zero attached hydrogens (tertiary/aromatic N) is 2. The topological polar surface area (TPSA) is 108 Å². The highest BCUT2D eigenvalue weighted by atomic mass is 35.5. The average Bonchev–Trinajstić information content (AvgIpc) is 3.17. The van der Waals surface area contributed by atoms with E-state index in [4.69, 9.17) is 16.3 Å². The first-order chi connectivity index (χ1) is 13.4. The molecule has 0 spiro atoms. The smallest absolute Gasteiger partial charge is 0.273 e.